The molecule has 0 aliphatic carbocycles. The zero-order valence-electron chi connectivity index (χ0n) is 13.7. The molecule has 0 spiro atoms. The lowest BCUT2D eigenvalue weighted by molar-refractivity contribution is 0.237. The molecule has 3 heteroatoms. The first-order valence-corrected chi connectivity index (χ1v) is 7.98. The van der Waals surface area contributed by atoms with Crippen molar-refractivity contribution in [2.45, 2.75) is 46.2 Å². The first-order chi connectivity index (χ1) is 10.2. The van der Waals surface area contributed by atoms with Gasteiger partial charge in [-0.2, -0.15) is 0 Å². The average molecular weight is 285 g/mol. The normalized spacial score (nSPS) is 12.8. The van der Waals surface area contributed by atoms with Crippen LogP contribution in [-0.2, 0) is 6.54 Å². The van der Waals surface area contributed by atoms with Gasteiger partial charge >= 0.3 is 0 Å². The van der Waals surface area contributed by atoms with Gasteiger partial charge in [0.15, 0.2) is 0 Å². The first kappa shape index (κ1) is 15.8. The summed E-state index contributed by atoms with van der Waals surface area (Å²) in [4.78, 5) is 7.20. The maximum absolute atomic E-state index is 4.79. The van der Waals surface area contributed by atoms with E-state index in [4.69, 9.17) is 4.98 Å². The van der Waals surface area contributed by atoms with Crippen LogP contribution in [0.4, 0.5) is 5.82 Å². The van der Waals surface area contributed by atoms with Gasteiger partial charge in [0.25, 0.3) is 0 Å². The predicted octanol–water partition coefficient (Wildman–Crippen LogP) is 4.29. The first-order valence-electron chi connectivity index (χ1n) is 7.98. The highest BCUT2D eigenvalue weighted by molar-refractivity contribution is 5.81. The van der Waals surface area contributed by atoms with Crippen LogP contribution < -0.4 is 5.32 Å². The summed E-state index contributed by atoms with van der Waals surface area (Å²) in [5, 5.41) is 4.62. The second-order valence-corrected chi connectivity index (χ2v) is 5.77. The Labute approximate surface area is 128 Å². The van der Waals surface area contributed by atoms with Crippen molar-refractivity contribution in [3.63, 3.8) is 0 Å². The van der Waals surface area contributed by atoms with E-state index < -0.39 is 0 Å². The molecule has 0 bridgehead atoms. The lowest BCUT2D eigenvalue weighted by Crippen LogP contribution is -2.28. The summed E-state index contributed by atoms with van der Waals surface area (Å²) in [7, 11) is 2.20. The SMILES string of the molecule is CCCC(C)N(C)Cc1cc2ccccc2nc1NCC. The molecule has 2 rings (SSSR count). The Morgan fingerprint density at radius 3 is 2.71 bits per heavy atom. The molecule has 1 N–H and O–H groups in total. The van der Waals surface area contributed by atoms with Crippen molar-refractivity contribution in [3.8, 4) is 0 Å². The average Bonchev–Trinajstić information content (AvgIpc) is 2.48. The van der Waals surface area contributed by atoms with Crippen LogP contribution in [0, 0.1) is 0 Å². The van der Waals surface area contributed by atoms with Gasteiger partial charge in [0.2, 0.25) is 0 Å². The molecule has 0 aliphatic rings. The fraction of sp³-hybridized carbons (Fsp3) is 0.500. The minimum atomic E-state index is 0.593. The quantitative estimate of drug-likeness (QED) is 0.822. The molecule has 1 unspecified atom stereocenters. The number of benzene rings is 1. The predicted molar refractivity (Wildman–Crippen MR) is 91.7 cm³/mol. The molecule has 21 heavy (non-hydrogen) atoms. The number of hydrogen-bond donors (Lipinski definition) is 1. The highest BCUT2D eigenvalue weighted by atomic mass is 15.1. The molecule has 114 valence electrons. The monoisotopic (exact) mass is 285 g/mol. The van der Waals surface area contributed by atoms with Crippen LogP contribution in [0.3, 0.4) is 0 Å². The number of pyridine rings is 1. The molecule has 2 aromatic rings. The number of nitrogens with one attached hydrogen (secondary N) is 1. The number of rotatable bonds is 7. The largest absolute Gasteiger partial charge is 0.370 e. The topological polar surface area (TPSA) is 28.2 Å². The Morgan fingerprint density at radius 1 is 1.24 bits per heavy atom. The van der Waals surface area contributed by atoms with Crippen LogP contribution in [0.1, 0.15) is 39.2 Å². The van der Waals surface area contributed by atoms with Crippen LogP contribution in [0.15, 0.2) is 30.3 Å². The third kappa shape index (κ3) is 3.94. The zero-order chi connectivity index (χ0) is 15.2. The smallest absolute Gasteiger partial charge is 0.131 e. The second-order valence-electron chi connectivity index (χ2n) is 5.77. The number of anilines is 1. The summed E-state index contributed by atoms with van der Waals surface area (Å²) in [5.41, 5.74) is 2.34. The van der Waals surface area contributed by atoms with Crippen molar-refractivity contribution < 1.29 is 0 Å². The Kier molecular flexibility index (Phi) is 5.57. The third-order valence-electron chi connectivity index (χ3n) is 4.03. The molecule has 1 heterocycles. The van der Waals surface area contributed by atoms with E-state index in [0.717, 1.165) is 24.4 Å². The summed E-state index contributed by atoms with van der Waals surface area (Å²) in [6, 6.07) is 11.2. The van der Waals surface area contributed by atoms with Crippen molar-refractivity contribution in [1.82, 2.24) is 9.88 Å². The zero-order valence-corrected chi connectivity index (χ0v) is 13.7. The number of hydrogen-bond acceptors (Lipinski definition) is 3. The molecule has 1 aromatic heterocycles. The van der Waals surface area contributed by atoms with E-state index in [1.807, 2.05) is 6.07 Å². The van der Waals surface area contributed by atoms with Gasteiger partial charge in [-0.3, -0.25) is 4.90 Å². The van der Waals surface area contributed by atoms with E-state index in [1.54, 1.807) is 0 Å². The highest BCUT2D eigenvalue weighted by Crippen LogP contribution is 2.22. The number of aromatic nitrogens is 1. The molecule has 0 radical (unpaired) electrons. The molecule has 3 nitrogen and oxygen atoms in total. The van der Waals surface area contributed by atoms with E-state index in [-0.39, 0.29) is 0 Å². The van der Waals surface area contributed by atoms with Crippen LogP contribution in [0.25, 0.3) is 10.9 Å². The minimum Gasteiger partial charge on any atom is -0.370 e. The maximum Gasteiger partial charge on any atom is 0.131 e. The van der Waals surface area contributed by atoms with Crippen molar-refractivity contribution in [1.29, 1.82) is 0 Å². The van der Waals surface area contributed by atoms with Crippen LogP contribution in [-0.4, -0.2) is 29.5 Å². The molecule has 0 saturated heterocycles. The lowest BCUT2D eigenvalue weighted by atomic mass is 10.1. The molecule has 1 atom stereocenters. The van der Waals surface area contributed by atoms with Gasteiger partial charge in [0.05, 0.1) is 5.52 Å². The fourth-order valence-corrected chi connectivity index (χ4v) is 2.66. The molecule has 0 aliphatic heterocycles. The van der Waals surface area contributed by atoms with Crippen LogP contribution >= 0.6 is 0 Å². The molecular weight excluding hydrogens is 258 g/mol. The minimum absolute atomic E-state index is 0.593. The maximum atomic E-state index is 4.79. The molecule has 0 saturated carbocycles. The van der Waals surface area contributed by atoms with Crippen molar-refractivity contribution in [2.24, 2.45) is 0 Å². The van der Waals surface area contributed by atoms with Crippen molar-refractivity contribution >= 4 is 16.7 Å². The highest BCUT2D eigenvalue weighted by Gasteiger charge is 2.12. The number of fused-ring (bicyclic) bond motifs is 1. The van der Waals surface area contributed by atoms with Gasteiger partial charge in [0.1, 0.15) is 5.82 Å². The Morgan fingerprint density at radius 2 is 2.00 bits per heavy atom. The molecule has 0 fully saturated rings. The van der Waals surface area contributed by atoms with E-state index in [9.17, 15) is 0 Å². The van der Waals surface area contributed by atoms with Crippen LogP contribution in [0.2, 0.25) is 0 Å². The second kappa shape index (κ2) is 7.41. The summed E-state index contributed by atoms with van der Waals surface area (Å²) in [6.45, 7) is 8.48. The van der Waals surface area contributed by atoms with E-state index >= 15 is 0 Å². The van der Waals surface area contributed by atoms with Gasteiger partial charge < -0.3 is 5.32 Å². The van der Waals surface area contributed by atoms with Gasteiger partial charge in [-0.15, -0.1) is 0 Å². The van der Waals surface area contributed by atoms with Gasteiger partial charge in [-0.1, -0.05) is 31.5 Å². The van der Waals surface area contributed by atoms with Gasteiger partial charge in [-0.05, 0) is 39.4 Å². The Hall–Kier alpha value is -1.61. The standard InChI is InChI=1S/C18H27N3/c1-5-9-14(3)21(4)13-16-12-15-10-7-8-11-17(15)20-18(16)19-6-2/h7-8,10-12,14H,5-6,9,13H2,1-4H3,(H,19,20). The van der Waals surface area contributed by atoms with Gasteiger partial charge in [0, 0.05) is 30.1 Å². The Balaban J connectivity index is 2.29. The van der Waals surface area contributed by atoms with Crippen molar-refractivity contribution in [2.75, 3.05) is 18.9 Å². The Bertz CT molecular complexity index is 580. The van der Waals surface area contributed by atoms with Crippen molar-refractivity contribution in [3.05, 3.63) is 35.9 Å². The summed E-state index contributed by atoms with van der Waals surface area (Å²) < 4.78 is 0. The summed E-state index contributed by atoms with van der Waals surface area (Å²) in [5.74, 6) is 1.02. The molecular formula is C18H27N3. The fourth-order valence-electron chi connectivity index (χ4n) is 2.66. The molecule has 0 amide bonds. The molecule has 1 aromatic carbocycles. The van der Waals surface area contributed by atoms with Crippen LogP contribution in [0.5, 0.6) is 0 Å². The van der Waals surface area contributed by atoms with E-state index in [2.05, 4.69) is 62.3 Å². The number of nitrogens with zero attached hydrogens (tertiary/aromatic N) is 2. The lowest BCUT2D eigenvalue weighted by Gasteiger charge is -2.25. The van der Waals surface area contributed by atoms with E-state index in [0.29, 0.717) is 6.04 Å². The van der Waals surface area contributed by atoms with Gasteiger partial charge in [-0.25, -0.2) is 4.98 Å². The van der Waals surface area contributed by atoms with E-state index in [1.165, 1.54) is 23.8 Å². The number of para-hydroxylation sites is 1. The summed E-state index contributed by atoms with van der Waals surface area (Å²) >= 11 is 0. The third-order valence-corrected chi connectivity index (χ3v) is 4.03. The summed E-state index contributed by atoms with van der Waals surface area (Å²) in [6.07, 6.45) is 2.45.